The van der Waals surface area contributed by atoms with Crippen LogP contribution in [0.1, 0.15) is 18.4 Å². The van der Waals surface area contributed by atoms with E-state index in [1.54, 1.807) is 12.1 Å². The second kappa shape index (κ2) is 5.31. The molecule has 3 aliphatic rings. The molecule has 0 radical (unpaired) electrons. The number of likely N-dealkylation sites (tertiary alicyclic amines) is 1. The van der Waals surface area contributed by atoms with Gasteiger partial charge in [0.2, 0.25) is 11.8 Å². The van der Waals surface area contributed by atoms with Gasteiger partial charge in [-0.1, -0.05) is 12.1 Å². The Bertz CT molecular complexity index is 686. The van der Waals surface area contributed by atoms with Crippen molar-refractivity contribution in [2.45, 2.75) is 37.5 Å². The Morgan fingerprint density at radius 3 is 2.17 bits per heavy atom. The van der Waals surface area contributed by atoms with Gasteiger partial charge in [-0.15, -0.1) is 0 Å². The van der Waals surface area contributed by atoms with Crippen molar-refractivity contribution in [1.29, 1.82) is 0 Å². The molecule has 0 spiro atoms. The van der Waals surface area contributed by atoms with Gasteiger partial charge in [0.25, 0.3) is 0 Å². The van der Waals surface area contributed by atoms with E-state index >= 15 is 0 Å². The number of ether oxygens (including phenoxy) is 1. The third kappa shape index (κ3) is 2.11. The van der Waals surface area contributed by atoms with Gasteiger partial charge in [-0.2, -0.15) is 0 Å². The molecule has 2 bridgehead atoms. The summed E-state index contributed by atoms with van der Waals surface area (Å²) in [4.78, 5) is 38.0. The van der Waals surface area contributed by atoms with Crippen molar-refractivity contribution in [3.8, 4) is 5.75 Å². The molecule has 5 atom stereocenters. The number of carboxylic acid groups (broad SMARTS) is 1. The number of hydrogen-bond acceptors (Lipinski definition) is 5. The molecule has 24 heavy (non-hydrogen) atoms. The van der Waals surface area contributed by atoms with Crippen LogP contribution in [0, 0.1) is 11.8 Å². The van der Waals surface area contributed by atoms with E-state index in [9.17, 15) is 24.6 Å². The molecule has 126 valence electrons. The summed E-state index contributed by atoms with van der Waals surface area (Å²) in [5, 5.41) is 18.9. The van der Waals surface area contributed by atoms with Gasteiger partial charge in [-0.05, 0) is 30.5 Å². The number of phenols is 1. The maximum absolute atomic E-state index is 12.7. The van der Waals surface area contributed by atoms with Gasteiger partial charge in [-0.25, -0.2) is 4.79 Å². The maximum Gasteiger partial charge on any atom is 0.327 e. The molecule has 3 fully saturated rings. The van der Waals surface area contributed by atoms with Gasteiger partial charge in [0, 0.05) is 6.42 Å². The molecule has 1 aromatic rings. The summed E-state index contributed by atoms with van der Waals surface area (Å²) in [7, 11) is 0. The number of carbonyl (C=O) groups is 3. The summed E-state index contributed by atoms with van der Waals surface area (Å²) >= 11 is 0. The highest BCUT2D eigenvalue weighted by Crippen LogP contribution is 2.49. The van der Waals surface area contributed by atoms with Gasteiger partial charge in [0.05, 0.1) is 24.0 Å². The Balaban J connectivity index is 1.62. The van der Waals surface area contributed by atoms with Crippen molar-refractivity contribution in [1.82, 2.24) is 4.90 Å². The van der Waals surface area contributed by atoms with Gasteiger partial charge in [0.1, 0.15) is 11.8 Å². The van der Waals surface area contributed by atoms with Crippen LogP contribution >= 0.6 is 0 Å². The Labute approximate surface area is 137 Å². The number of hydrogen-bond donors (Lipinski definition) is 2. The number of aromatic hydroxyl groups is 1. The molecule has 2 N–H and O–H groups in total. The summed E-state index contributed by atoms with van der Waals surface area (Å²) in [5.74, 6) is -3.05. The van der Waals surface area contributed by atoms with Gasteiger partial charge in [-0.3, -0.25) is 14.5 Å². The number of fused-ring (bicyclic) bond motifs is 5. The molecule has 0 aliphatic carbocycles. The van der Waals surface area contributed by atoms with Crippen LogP contribution in [0.25, 0.3) is 0 Å². The number of benzene rings is 1. The van der Waals surface area contributed by atoms with Crippen LogP contribution in [-0.2, 0) is 25.5 Å². The van der Waals surface area contributed by atoms with E-state index in [0.717, 1.165) is 17.7 Å². The molecule has 1 aromatic carbocycles. The average molecular weight is 331 g/mol. The zero-order valence-corrected chi connectivity index (χ0v) is 12.8. The lowest BCUT2D eigenvalue weighted by Crippen LogP contribution is -2.48. The molecule has 4 rings (SSSR count). The van der Waals surface area contributed by atoms with Gasteiger partial charge < -0.3 is 14.9 Å². The van der Waals surface area contributed by atoms with Crippen LogP contribution in [-0.4, -0.2) is 51.1 Å². The Morgan fingerprint density at radius 2 is 1.67 bits per heavy atom. The summed E-state index contributed by atoms with van der Waals surface area (Å²) in [6.45, 7) is 0. The highest BCUT2D eigenvalue weighted by molar-refractivity contribution is 6.08. The molecule has 7 heteroatoms. The van der Waals surface area contributed by atoms with Crippen molar-refractivity contribution < 1.29 is 29.3 Å². The number of amides is 2. The highest BCUT2D eigenvalue weighted by Gasteiger charge is 2.63. The quantitative estimate of drug-likeness (QED) is 0.781. The first-order valence-corrected chi connectivity index (χ1v) is 8.00. The van der Waals surface area contributed by atoms with Gasteiger partial charge in [0.15, 0.2) is 0 Å². The summed E-state index contributed by atoms with van der Waals surface area (Å²) in [6, 6.07) is 4.84. The summed E-state index contributed by atoms with van der Waals surface area (Å²) < 4.78 is 5.66. The summed E-state index contributed by atoms with van der Waals surface area (Å²) in [6.07, 6.45) is 0.986. The third-order valence-electron chi connectivity index (χ3n) is 5.28. The first-order chi connectivity index (χ1) is 11.5. The number of carboxylic acids is 1. The molecule has 3 aliphatic heterocycles. The molecule has 0 aromatic heterocycles. The number of imide groups is 1. The Kier molecular flexibility index (Phi) is 3.35. The minimum atomic E-state index is -1.24. The van der Waals surface area contributed by atoms with Crippen molar-refractivity contribution in [3.63, 3.8) is 0 Å². The summed E-state index contributed by atoms with van der Waals surface area (Å²) in [5.41, 5.74) is 0.636. The number of rotatable bonds is 4. The van der Waals surface area contributed by atoms with Crippen LogP contribution in [0.5, 0.6) is 5.75 Å². The smallest absolute Gasteiger partial charge is 0.327 e. The Morgan fingerprint density at radius 1 is 1.12 bits per heavy atom. The Hall–Kier alpha value is -2.41. The van der Waals surface area contributed by atoms with Crippen molar-refractivity contribution in [2.24, 2.45) is 11.8 Å². The van der Waals surface area contributed by atoms with Crippen molar-refractivity contribution in [3.05, 3.63) is 29.8 Å². The lowest BCUT2D eigenvalue weighted by molar-refractivity contribution is -0.156. The van der Waals surface area contributed by atoms with Crippen LogP contribution in [0.3, 0.4) is 0 Å². The molecule has 3 unspecified atom stereocenters. The largest absolute Gasteiger partial charge is 0.508 e. The van der Waals surface area contributed by atoms with Crippen LogP contribution in [0.2, 0.25) is 0 Å². The minimum Gasteiger partial charge on any atom is -0.508 e. The average Bonchev–Trinajstić information content (AvgIpc) is 3.22. The minimum absolute atomic E-state index is 0.0166. The first-order valence-electron chi connectivity index (χ1n) is 8.00. The predicted octanol–water partition coefficient (Wildman–Crippen LogP) is 0.550. The zero-order valence-electron chi connectivity index (χ0n) is 12.8. The van der Waals surface area contributed by atoms with Crippen molar-refractivity contribution >= 4 is 17.8 Å². The lowest BCUT2D eigenvalue weighted by atomic mass is 9.81. The van der Waals surface area contributed by atoms with E-state index < -0.39 is 35.7 Å². The van der Waals surface area contributed by atoms with E-state index in [0.29, 0.717) is 5.56 Å². The first kappa shape index (κ1) is 15.1. The molecule has 3 heterocycles. The number of nitrogens with zero attached hydrogens (tertiary/aromatic N) is 1. The van der Waals surface area contributed by atoms with E-state index in [1.165, 1.54) is 12.1 Å². The SMILES string of the molecule is O=C(O)[C@@H](Cc1ccc(O)cc1)N1C(=O)C2C3CC[C@H](O3)C2C1=O. The molecule has 3 saturated heterocycles. The molecule has 7 nitrogen and oxygen atoms in total. The maximum atomic E-state index is 12.7. The van der Waals surface area contributed by atoms with Crippen molar-refractivity contribution in [2.75, 3.05) is 0 Å². The third-order valence-corrected chi connectivity index (χ3v) is 5.28. The van der Waals surface area contributed by atoms with Crippen LogP contribution < -0.4 is 0 Å². The molecule has 2 amide bonds. The van der Waals surface area contributed by atoms with Crippen LogP contribution in [0.15, 0.2) is 24.3 Å². The van der Waals surface area contributed by atoms with E-state index in [4.69, 9.17) is 4.74 Å². The number of aliphatic carboxylic acids is 1. The topological polar surface area (TPSA) is 104 Å². The molecular formula is C17H17NO6. The van der Waals surface area contributed by atoms with E-state index in [-0.39, 0.29) is 24.4 Å². The van der Waals surface area contributed by atoms with E-state index in [1.807, 2.05) is 0 Å². The molecule has 0 saturated carbocycles. The standard InChI is InChI=1S/C17H17NO6/c19-9-3-1-8(2-4-9)7-10(17(22)23)18-15(20)13-11-5-6-12(24-11)14(13)16(18)21/h1-4,10-14,19H,5-7H2,(H,22,23)/t10-,11+,12?,13?,14?/m1/s1. The van der Waals surface area contributed by atoms with Gasteiger partial charge >= 0.3 is 5.97 Å². The normalized spacial score (nSPS) is 32.2. The fourth-order valence-corrected chi connectivity index (χ4v) is 4.19. The van der Waals surface area contributed by atoms with Crippen LogP contribution in [0.4, 0.5) is 0 Å². The highest BCUT2D eigenvalue weighted by atomic mass is 16.5. The molecular weight excluding hydrogens is 314 g/mol. The fourth-order valence-electron chi connectivity index (χ4n) is 4.19. The monoisotopic (exact) mass is 331 g/mol. The second-order valence-electron chi connectivity index (χ2n) is 6.61. The predicted molar refractivity (Wildman–Crippen MR) is 80.0 cm³/mol. The lowest BCUT2D eigenvalue weighted by Gasteiger charge is -2.24. The second-order valence-corrected chi connectivity index (χ2v) is 6.61. The van der Waals surface area contributed by atoms with E-state index in [2.05, 4.69) is 0 Å². The number of carbonyl (C=O) groups excluding carboxylic acids is 2. The number of phenolic OH excluding ortho intramolecular Hbond substituents is 1. The fraction of sp³-hybridized carbons (Fsp3) is 0.471. The zero-order chi connectivity index (χ0) is 17.0.